The smallest absolute Gasteiger partial charge is 0.322 e. The van der Waals surface area contributed by atoms with Crippen molar-refractivity contribution in [2.75, 3.05) is 0 Å². The van der Waals surface area contributed by atoms with Gasteiger partial charge in [-0.3, -0.25) is 0 Å². The Labute approximate surface area is 95.4 Å². The van der Waals surface area contributed by atoms with E-state index in [0.717, 1.165) is 0 Å². The molecule has 0 spiro atoms. The second-order valence-corrected chi connectivity index (χ2v) is 3.75. The molecule has 1 nitrogen and oxygen atoms in total. The number of hydrogen-bond donors (Lipinski definition) is 1. The quantitative estimate of drug-likeness (QED) is 0.819. The van der Waals surface area contributed by atoms with Crippen molar-refractivity contribution in [2.24, 2.45) is 5.73 Å². The normalized spacial score (nSPS) is 14.7. The van der Waals surface area contributed by atoms with E-state index in [1.54, 1.807) is 30.3 Å². The minimum atomic E-state index is -5.59. The molecule has 0 aliphatic rings. The van der Waals surface area contributed by atoms with E-state index in [0.29, 0.717) is 5.56 Å². The molecule has 0 aliphatic carbocycles. The van der Waals surface area contributed by atoms with E-state index in [4.69, 9.17) is 5.73 Å². The summed E-state index contributed by atoms with van der Waals surface area (Å²) in [5.41, 5.74) is 5.60. The highest BCUT2D eigenvalue weighted by molar-refractivity contribution is 5.15. The molecule has 6 heteroatoms. The Balaban J connectivity index is 2.59. The van der Waals surface area contributed by atoms with Crippen molar-refractivity contribution in [3.63, 3.8) is 0 Å². The molecule has 1 aromatic carbocycles. The number of rotatable bonds is 4. The number of alkyl halides is 5. The van der Waals surface area contributed by atoms with Crippen molar-refractivity contribution in [3.8, 4) is 0 Å². The Kier molecular flexibility index (Phi) is 4.08. The summed E-state index contributed by atoms with van der Waals surface area (Å²) in [6.45, 7) is 0. The van der Waals surface area contributed by atoms with Crippen LogP contribution in [0, 0.1) is 0 Å². The van der Waals surface area contributed by atoms with Gasteiger partial charge in [0.15, 0.2) is 0 Å². The van der Waals surface area contributed by atoms with E-state index in [-0.39, 0.29) is 6.42 Å². The monoisotopic (exact) mass is 253 g/mol. The van der Waals surface area contributed by atoms with E-state index >= 15 is 0 Å². The van der Waals surface area contributed by atoms with E-state index in [1.165, 1.54) is 0 Å². The molecule has 1 aromatic rings. The molecule has 0 radical (unpaired) electrons. The predicted octanol–water partition coefficient (Wildman–Crippen LogP) is 3.14. The van der Waals surface area contributed by atoms with Gasteiger partial charge in [0, 0.05) is 0 Å². The molecule has 0 bridgehead atoms. The van der Waals surface area contributed by atoms with Gasteiger partial charge in [-0.15, -0.1) is 0 Å². The lowest BCUT2D eigenvalue weighted by Crippen LogP contribution is -2.51. The molecule has 1 atom stereocenters. The van der Waals surface area contributed by atoms with Gasteiger partial charge in [-0.05, 0) is 18.4 Å². The fraction of sp³-hybridized carbons (Fsp3) is 0.455. The Morgan fingerprint density at radius 1 is 1.00 bits per heavy atom. The number of hydrogen-bond acceptors (Lipinski definition) is 1. The maximum absolute atomic E-state index is 12.8. The summed E-state index contributed by atoms with van der Waals surface area (Å²) in [4.78, 5) is 0. The van der Waals surface area contributed by atoms with Gasteiger partial charge in [-0.25, -0.2) is 0 Å². The summed E-state index contributed by atoms with van der Waals surface area (Å²) in [6, 6.07) is 6.18. The van der Waals surface area contributed by atoms with Gasteiger partial charge in [0.25, 0.3) is 0 Å². The third-order valence-electron chi connectivity index (χ3n) is 2.43. The first kappa shape index (κ1) is 13.9. The number of benzene rings is 1. The van der Waals surface area contributed by atoms with Gasteiger partial charge in [-0.2, -0.15) is 22.0 Å². The summed E-state index contributed by atoms with van der Waals surface area (Å²) < 4.78 is 61.5. The minimum absolute atomic E-state index is 0.0909. The summed E-state index contributed by atoms with van der Waals surface area (Å²) >= 11 is 0. The average molecular weight is 253 g/mol. The lowest BCUT2D eigenvalue weighted by atomic mass is 10.0. The SMILES string of the molecule is NC(CCc1ccccc1)C(F)(F)C(F)(F)F. The molecular weight excluding hydrogens is 241 g/mol. The Morgan fingerprint density at radius 3 is 2.00 bits per heavy atom. The molecule has 0 aromatic heterocycles. The Hall–Kier alpha value is -1.17. The molecule has 0 heterocycles. The van der Waals surface area contributed by atoms with Crippen LogP contribution in [0.4, 0.5) is 22.0 Å². The highest BCUT2D eigenvalue weighted by atomic mass is 19.4. The molecule has 0 saturated carbocycles. The fourth-order valence-corrected chi connectivity index (χ4v) is 1.36. The van der Waals surface area contributed by atoms with Crippen molar-refractivity contribution in [1.29, 1.82) is 0 Å². The van der Waals surface area contributed by atoms with Crippen molar-refractivity contribution in [1.82, 2.24) is 0 Å². The zero-order valence-corrected chi connectivity index (χ0v) is 8.85. The van der Waals surface area contributed by atoms with Crippen molar-refractivity contribution < 1.29 is 22.0 Å². The topological polar surface area (TPSA) is 26.0 Å². The highest BCUT2D eigenvalue weighted by Crippen LogP contribution is 2.38. The molecule has 0 amide bonds. The zero-order valence-electron chi connectivity index (χ0n) is 8.85. The van der Waals surface area contributed by atoms with Gasteiger partial charge in [0.2, 0.25) is 0 Å². The van der Waals surface area contributed by atoms with Crippen LogP contribution in [-0.4, -0.2) is 18.1 Å². The minimum Gasteiger partial charge on any atom is -0.322 e. The first-order valence-electron chi connectivity index (χ1n) is 4.99. The molecule has 96 valence electrons. The van der Waals surface area contributed by atoms with Gasteiger partial charge >= 0.3 is 12.1 Å². The molecule has 1 unspecified atom stereocenters. The standard InChI is InChI=1S/C11H12F5N/c12-10(13,11(14,15)16)9(17)7-6-8-4-2-1-3-5-8/h1-5,9H,6-7,17H2. The molecule has 1 rings (SSSR count). The van der Waals surface area contributed by atoms with E-state index in [2.05, 4.69) is 0 Å². The lowest BCUT2D eigenvalue weighted by Gasteiger charge is -2.25. The summed E-state index contributed by atoms with van der Waals surface area (Å²) in [7, 11) is 0. The largest absolute Gasteiger partial charge is 0.454 e. The van der Waals surface area contributed by atoms with Gasteiger partial charge in [0.1, 0.15) is 0 Å². The van der Waals surface area contributed by atoms with Gasteiger partial charge in [0.05, 0.1) is 6.04 Å². The number of nitrogens with two attached hydrogens (primary N) is 1. The van der Waals surface area contributed by atoms with Gasteiger partial charge < -0.3 is 5.73 Å². The second kappa shape index (κ2) is 5.00. The first-order valence-corrected chi connectivity index (χ1v) is 4.99. The maximum Gasteiger partial charge on any atom is 0.454 e. The second-order valence-electron chi connectivity index (χ2n) is 3.75. The van der Waals surface area contributed by atoms with Crippen molar-refractivity contribution in [2.45, 2.75) is 31.0 Å². The molecule has 2 N–H and O–H groups in total. The van der Waals surface area contributed by atoms with E-state index < -0.39 is 24.6 Å². The lowest BCUT2D eigenvalue weighted by molar-refractivity contribution is -0.290. The average Bonchev–Trinajstić information content (AvgIpc) is 2.25. The third-order valence-corrected chi connectivity index (χ3v) is 2.43. The Bertz CT molecular complexity index is 347. The van der Waals surface area contributed by atoms with E-state index in [1.807, 2.05) is 0 Å². The van der Waals surface area contributed by atoms with Crippen LogP contribution in [0.3, 0.4) is 0 Å². The third kappa shape index (κ3) is 3.39. The van der Waals surface area contributed by atoms with Crippen LogP contribution >= 0.6 is 0 Å². The van der Waals surface area contributed by atoms with Gasteiger partial charge in [-0.1, -0.05) is 30.3 Å². The van der Waals surface area contributed by atoms with Crippen LogP contribution in [0.15, 0.2) is 30.3 Å². The van der Waals surface area contributed by atoms with Crippen LogP contribution in [0.5, 0.6) is 0 Å². The van der Waals surface area contributed by atoms with Crippen LogP contribution in [-0.2, 0) is 6.42 Å². The first-order chi connectivity index (χ1) is 7.75. The van der Waals surface area contributed by atoms with Crippen LogP contribution < -0.4 is 5.73 Å². The number of halogens is 5. The van der Waals surface area contributed by atoms with Crippen molar-refractivity contribution >= 4 is 0 Å². The van der Waals surface area contributed by atoms with Crippen LogP contribution in [0.25, 0.3) is 0 Å². The molecular formula is C11H12F5N. The molecule has 17 heavy (non-hydrogen) atoms. The molecule has 0 fully saturated rings. The summed E-state index contributed by atoms with van der Waals surface area (Å²) in [5, 5.41) is 0. The number of aryl methyl sites for hydroxylation is 1. The Morgan fingerprint density at radius 2 is 1.53 bits per heavy atom. The zero-order chi connectivity index (χ0) is 13.1. The summed E-state index contributed by atoms with van der Waals surface area (Å²) in [6.07, 6.45) is -5.92. The van der Waals surface area contributed by atoms with E-state index in [9.17, 15) is 22.0 Å². The van der Waals surface area contributed by atoms with Crippen LogP contribution in [0.1, 0.15) is 12.0 Å². The molecule has 0 saturated heterocycles. The summed E-state index contributed by atoms with van der Waals surface area (Å²) in [5.74, 6) is -4.85. The van der Waals surface area contributed by atoms with Crippen LogP contribution in [0.2, 0.25) is 0 Å². The van der Waals surface area contributed by atoms with Crippen molar-refractivity contribution in [3.05, 3.63) is 35.9 Å². The fourth-order valence-electron chi connectivity index (χ4n) is 1.36. The molecule has 0 aliphatic heterocycles. The highest BCUT2D eigenvalue weighted by Gasteiger charge is 2.60. The predicted molar refractivity (Wildman–Crippen MR) is 53.7 cm³/mol. The maximum atomic E-state index is 12.8.